The zero-order valence-corrected chi connectivity index (χ0v) is 25.2. The normalized spacial score (nSPS) is 24.6. The first-order valence-electron chi connectivity index (χ1n) is 12.0. The van der Waals surface area contributed by atoms with E-state index in [2.05, 4.69) is 41.7 Å². The van der Waals surface area contributed by atoms with Crippen LogP contribution in [0.3, 0.4) is 0 Å². The summed E-state index contributed by atoms with van der Waals surface area (Å²) in [4.78, 5) is 5.51. The van der Waals surface area contributed by atoms with Crippen LogP contribution in [0.1, 0.15) is 38.5 Å². The third-order valence-electron chi connectivity index (χ3n) is 7.89. The lowest BCUT2D eigenvalue weighted by Gasteiger charge is -2.44. The van der Waals surface area contributed by atoms with Crippen molar-refractivity contribution in [2.75, 3.05) is 102 Å². The fourth-order valence-electron chi connectivity index (χ4n) is 5.79. The Morgan fingerprint density at radius 2 is 0.833 bits per heavy atom. The molecule has 0 aromatic rings. The lowest BCUT2D eigenvalue weighted by Crippen LogP contribution is -3.00. The van der Waals surface area contributed by atoms with Crippen LogP contribution in [0.4, 0.5) is 0 Å². The molecule has 0 spiro atoms. The highest BCUT2D eigenvalue weighted by Crippen LogP contribution is 2.21. The minimum atomic E-state index is 0. The summed E-state index contributed by atoms with van der Waals surface area (Å²) >= 11 is 7.44. The van der Waals surface area contributed by atoms with Gasteiger partial charge in [-0.2, -0.15) is 0 Å². The second kappa shape index (κ2) is 15.6. The fraction of sp³-hybridized carbons (Fsp3) is 1.00. The first kappa shape index (κ1) is 29.8. The van der Waals surface area contributed by atoms with Gasteiger partial charge in [0.15, 0.2) is 0 Å². The molecule has 3 saturated heterocycles. The predicted octanol–water partition coefficient (Wildman–Crippen LogP) is -2.60. The maximum absolute atomic E-state index is 3.72. The largest absolute Gasteiger partial charge is 1.00 e. The van der Waals surface area contributed by atoms with Crippen molar-refractivity contribution in [3.05, 3.63) is 0 Å². The fourth-order valence-corrected chi connectivity index (χ4v) is 7.29. The van der Waals surface area contributed by atoms with Crippen molar-refractivity contribution in [2.45, 2.75) is 38.5 Å². The first-order chi connectivity index (χ1) is 13.7. The molecule has 3 aliphatic rings. The lowest BCUT2D eigenvalue weighted by atomic mass is 10.1. The topological polar surface area (TPSA) is 6.48 Å². The summed E-state index contributed by atoms with van der Waals surface area (Å²) in [5.41, 5.74) is 0. The molecule has 3 heterocycles. The second-order valence-corrected chi connectivity index (χ2v) is 11.2. The maximum Gasteiger partial charge on any atom is 0.0916 e. The van der Waals surface area contributed by atoms with E-state index in [0.29, 0.717) is 0 Å². The van der Waals surface area contributed by atoms with E-state index in [0.717, 1.165) is 10.7 Å². The third kappa shape index (κ3) is 9.19. The number of alkyl halides is 2. The van der Waals surface area contributed by atoms with Gasteiger partial charge in [-0.3, -0.25) is 9.80 Å². The summed E-state index contributed by atoms with van der Waals surface area (Å²) in [5.74, 6) is 0. The van der Waals surface area contributed by atoms with E-state index < -0.39 is 0 Å². The Hall–Kier alpha value is 1.76. The Morgan fingerprint density at radius 3 is 1.13 bits per heavy atom. The van der Waals surface area contributed by atoms with Crippen molar-refractivity contribution in [1.29, 1.82) is 0 Å². The molecule has 0 bridgehead atoms. The second-order valence-electron chi connectivity index (χ2n) is 9.65. The zero-order valence-electron chi connectivity index (χ0n) is 18.9. The minimum Gasteiger partial charge on any atom is -1.00 e. The molecule has 0 aliphatic carbocycles. The zero-order chi connectivity index (χ0) is 19.7. The number of piperidine rings is 2. The van der Waals surface area contributed by atoms with Crippen LogP contribution in [0, 0.1) is 0 Å². The molecule has 0 atom stereocenters. The van der Waals surface area contributed by atoms with Crippen LogP contribution < -0.4 is 34.0 Å². The van der Waals surface area contributed by atoms with Gasteiger partial charge in [-0.25, -0.2) is 0 Å². The van der Waals surface area contributed by atoms with Crippen molar-refractivity contribution in [3.63, 3.8) is 0 Å². The molecule has 3 rings (SSSR count). The van der Waals surface area contributed by atoms with E-state index in [4.69, 9.17) is 0 Å². The van der Waals surface area contributed by atoms with Crippen molar-refractivity contribution >= 4 is 31.9 Å². The van der Waals surface area contributed by atoms with E-state index in [1.54, 1.807) is 0 Å². The van der Waals surface area contributed by atoms with Gasteiger partial charge in [0, 0.05) is 39.3 Å². The van der Waals surface area contributed by atoms with Crippen molar-refractivity contribution < 1.29 is 42.9 Å². The Bertz CT molecular complexity index is 384. The van der Waals surface area contributed by atoms with Crippen LogP contribution >= 0.6 is 31.9 Å². The molecule has 0 unspecified atom stereocenters. The molecule has 0 amide bonds. The van der Waals surface area contributed by atoms with E-state index >= 15 is 0 Å². The molecule has 4 nitrogen and oxygen atoms in total. The molecule has 0 N–H and O–H groups in total. The molecule has 8 heteroatoms. The minimum absolute atomic E-state index is 0. The van der Waals surface area contributed by atoms with Crippen molar-refractivity contribution in [3.8, 4) is 0 Å². The highest BCUT2D eigenvalue weighted by Gasteiger charge is 2.32. The molecule has 3 fully saturated rings. The van der Waals surface area contributed by atoms with Crippen LogP contribution in [-0.4, -0.2) is 121 Å². The summed E-state index contributed by atoms with van der Waals surface area (Å²) in [5, 5.41) is 2.32. The first-order valence-corrected chi connectivity index (χ1v) is 14.2. The van der Waals surface area contributed by atoms with Crippen LogP contribution in [-0.2, 0) is 0 Å². The predicted molar refractivity (Wildman–Crippen MR) is 128 cm³/mol. The number of quaternary nitrogens is 2. The Balaban J connectivity index is 0.00000225. The standard InChI is InChI=1S/C22H44Br2N4.2BrH/c23-7-19-27(15-3-1-4-16-27)21-13-25-9-11-26(12-10-25)14-22-28(20-8-24)17-5-2-6-18-28;;/h1-22H2;2*1H/q+2;;/p-2. The molecule has 3 aliphatic heterocycles. The Labute approximate surface area is 224 Å². The lowest BCUT2D eigenvalue weighted by molar-refractivity contribution is -0.929. The highest BCUT2D eigenvalue weighted by molar-refractivity contribution is 9.09. The molecule has 30 heavy (non-hydrogen) atoms. The van der Waals surface area contributed by atoms with Crippen molar-refractivity contribution in [2.24, 2.45) is 0 Å². The van der Waals surface area contributed by atoms with Crippen LogP contribution in [0.15, 0.2) is 0 Å². The van der Waals surface area contributed by atoms with E-state index in [1.807, 2.05) is 0 Å². The monoisotopic (exact) mass is 680 g/mol. The van der Waals surface area contributed by atoms with Gasteiger partial charge in [0.05, 0.1) is 63.0 Å². The quantitative estimate of drug-likeness (QED) is 0.184. The smallest absolute Gasteiger partial charge is 0.0916 e. The van der Waals surface area contributed by atoms with Crippen molar-refractivity contribution in [1.82, 2.24) is 9.80 Å². The van der Waals surface area contributed by atoms with E-state index in [1.165, 1.54) is 139 Å². The van der Waals surface area contributed by atoms with Gasteiger partial charge < -0.3 is 42.9 Å². The van der Waals surface area contributed by atoms with E-state index in [9.17, 15) is 0 Å². The Morgan fingerprint density at radius 1 is 0.500 bits per heavy atom. The summed E-state index contributed by atoms with van der Waals surface area (Å²) < 4.78 is 2.75. The average Bonchev–Trinajstić information content (AvgIpc) is 2.74. The summed E-state index contributed by atoms with van der Waals surface area (Å²) in [6.45, 7) is 18.8. The third-order valence-corrected chi connectivity index (χ3v) is 8.60. The van der Waals surface area contributed by atoms with Gasteiger partial charge in [-0.15, -0.1) is 0 Å². The molecular formula is C22H44Br4N4. The van der Waals surface area contributed by atoms with Crippen LogP contribution in [0.25, 0.3) is 0 Å². The molecule has 0 aromatic heterocycles. The van der Waals surface area contributed by atoms with Gasteiger partial charge in [0.1, 0.15) is 0 Å². The number of piperazine rings is 1. The molecular weight excluding hydrogens is 640 g/mol. The molecule has 0 radical (unpaired) electrons. The maximum atomic E-state index is 3.72. The van der Waals surface area contributed by atoms with Gasteiger partial charge in [-0.05, 0) is 38.5 Å². The van der Waals surface area contributed by atoms with Crippen LogP contribution in [0.2, 0.25) is 0 Å². The summed E-state index contributed by atoms with van der Waals surface area (Å²) in [6.07, 6.45) is 8.67. The highest BCUT2D eigenvalue weighted by atomic mass is 79.9. The Kier molecular flexibility index (Phi) is 15.5. The summed E-state index contributed by atoms with van der Waals surface area (Å²) in [7, 11) is 0. The average molecular weight is 684 g/mol. The van der Waals surface area contributed by atoms with Gasteiger partial charge in [0.25, 0.3) is 0 Å². The number of likely N-dealkylation sites (tertiary alicyclic amines) is 2. The molecule has 0 saturated carbocycles. The number of hydrogen-bond acceptors (Lipinski definition) is 2. The van der Waals surface area contributed by atoms with E-state index in [-0.39, 0.29) is 34.0 Å². The summed E-state index contributed by atoms with van der Waals surface area (Å²) in [6, 6.07) is 0. The number of hydrogen-bond donors (Lipinski definition) is 0. The van der Waals surface area contributed by atoms with Crippen LogP contribution in [0.5, 0.6) is 0 Å². The SMILES string of the molecule is BrCC[N+]1(CCN2CCN(CC[N+]3(CCBr)CCCCC3)CC2)CCCCC1.[Br-].[Br-]. The van der Waals surface area contributed by atoms with Gasteiger partial charge in [-0.1, -0.05) is 31.9 Å². The number of rotatable bonds is 10. The number of nitrogens with zero attached hydrogens (tertiary/aromatic N) is 4. The molecule has 180 valence electrons. The number of halogens is 4. The van der Waals surface area contributed by atoms with Gasteiger partial charge in [0.2, 0.25) is 0 Å². The molecule has 0 aromatic carbocycles. The van der Waals surface area contributed by atoms with Gasteiger partial charge >= 0.3 is 0 Å².